The number of alkyl carbamates (subject to hydrolysis) is 1. The number of carbonyl (C=O) groups excluding carboxylic acids is 1. The van der Waals surface area contributed by atoms with Gasteiger partial charge in [0.1, 0.15) is 12.4 Å². The van der Waals surface area contributed by atoms with Crippen LogP contribution >= 0.6 is 0 Å². The van der Waals surface area contributed by atoms with Crippen molar-refractivity contribution >= 4 is 6.09 Å². The standard InChI is InChI=1S/C26H27NO4/c1-16-11-18(12-17(2)25(16)29)13-19(14-28)27-26(30)31-15-24-22-9-5-3-7-20(22)21-8-4-6-10-23(21)24/h3-12,19,24,28-29H,13-15H2,1-2H3,(H,27,30)/t19-/m0/s1. The van der Waals surface area contributed by atoms with Gasteiger partial charge in [-0.15, -0.1) is 0 Å². The summed E-state index contributed by atoms with van der Waals surface area (Å²) in [7, 11) is 0. The quantitative estimate of drug-likeness (QED) is 0.554. The van der Waals surface area contributed by atoms with Crippen LogP contribution in [0.2, 0.25) is 0 Å². The molecule has 1 amide bonds. The number of rotatable bonds is 6. The molecule has 3 N–H and O–H groups in total. The number of aliphatic hydroxyl groups excluding tert-OH is 1. The minimum Gasteiger partial charge on any atom is -0.507 e. The van der Waals surface area contributed by atoms with E-state index in [-0.39, 0.29) is 24.9 Å². The summed E-state index contributed by atoms with van der Waals surface area (Å²) in [6.07, 6.45) is -0.101. The van der Waals surface area contributed by atoms with Crippen molar-refractivity contribution in [2.75, 3.05) is 13.2 Å². The van der Waals surface area contributed by atoms with Gasteiger partial charge in [0.2, 0.25) is 0 Å². The monoisotopic (exact) mass is 417 g/mol. The van der Waals surface area contributed by atoms with Crippen molar-refractivity contribution in [2.45, 2.75) is 32.2 Å². The lowest BCUT2D eigenvalue weighted by Crippen LogP contribution is -2.39. The highest BCUT2D eigenvalue weighted by Crippen LogP contribution is 2.44. The molecule has 0 saturated heterocycles. The van der Waals surface area contributed by atoms with Gasteiger partial charge in [0.25, 0.3) is 0 Å². The molecule has 0 bridgehead atoms. The van der Waals surface area contributed by atoms with Crippen molar-refractivity contribution in [3.8, 4) is 16.9 Å². The highest BCUT2D eigenvalue weighted by Gasteiger charge is 2.29. The summed E-state index contributed by atoms with van der Waals surface area (Å²) in [5, 5.41) is 22.5. The summed E-state index contributed by atoms with van der Waals surface area (Å²) in [6, 6.07) is 19.6. The second-order valence-electron chi connectivity index (χ2n) is 8.13. The number of fused-ring (bicyclic) bond motifs is 3. The van der Waals surface area contributed by atoms with Gasteiger partial charge in [-0.3, -0.25) is 0 Å². The minimum atomic E-state index is -0.548. The summed E-state index contributed by atoms with van der Waals surface area (Å²) in [6.45, 7) is 3.69. The Hall–Kier alpha value is -3.31. The number of hydrogen-bond donors (Lipinski definition) is 3. The number of benzene rings is 3. The summed E-state index contributed by atoms with van der Waals surface area (Å²) >= 11 is 0. The molecule has 5 heteroatoms. The Morgan fingerprint density at radius 3 is 2.10 bits per heavy atom. The summed E-state index contributed by atoms with van der Waals surface area (Å²) in [5.41, 5.74) is 7.15. The summed E-state index contributed by atoms with van der Waals surface area (Å²) in [4.78, 5) is 12.5. The van der Waals surface area contributed by atoms with Gasteiger partial charge >= 0.3 is 6.09 Å². The van der Waals surface area contributed by atoms with Gasteiger partial charge in [-0.05, 0) is 59.2 Å². The number of amides is 1. The van der Waals surface area contributed by atoms with Crippen LogP contribution in [0.3, 0.4) is 0 Å². The van der Waals surface area contributed by atoms with Crippen LogP contribution < -0.4 is 5.32 Å². The third-order valence-corrected chi connectivity index (χ3v) is 5.92. The van der Waals surface area contributed by atoms with E-state index in [4.69, 9.17) is 4.74 Å². The Balaban J connectivity index is 1.41. The molecular weight excluding hydrogens is 390 g/mol. The molecule has 0 aliphatic heterocycles. The normalized spacial score (nSPS) is 13.4. The number of phenols is 1. The molecule has 0 aromatic heterocycles. The van der Waals surface area contributed by atoms with Crippen LogP contribution in [0.25, 0.3) is 11.1 Å². The van der Waals surface area contributed by atoms with Gasteiger partial charge in [0.15, 0.2) is 0 Å². The molecule has 0 saturated carbocycles. The molecule has 0 fully saturated rings. The second-order valence-corrected chi connectivity index (χ2v) is 8.13. The zero-order chi connectivity index (χ0) is 22.0. The maximum absolute atomic E-state index is 12.5. The SMILES string of the molecule is Cc1cc(C[C@@H](CO)NC(=O)OCC2c3ccccc3-c3ccccc32)cc(C)c1O. The van der Waals surface area contributed by atoms with Gasteiger partial charge in [-0.1, -0.05) is 60.7 Å². The van der Waals surface area contributed by atoms with Crippen LogP contribution in [0.5, 0.6) is 5.75 Å². The highest BCUT2D eigenvalue weighted by atomic mass is 16.5. The van der Waals surface area contributed by atoms with E-state index in [0.717, 1.165) is 27.8 Å². The fourth-order valence-corrected chi connectivity index (χ4v) is 4.42. The van der Waals surface area contributed by atoms with Crippen molar-refractivity contribution in [1.82, 2.24) is 5.32 Å². The zero-order valence-corrected chi connectivity index (χ0v) is 17.8. The Bertz CT molecular complexity index is 1040. The Morgan fingerprint density at radius 2 is 1.55 bits per heavy atom. The lowest BCUT2D eigenvalue weighted by Gasteiger charge is -2.19. The lowest BCUT2D eigenvalue weighted by molar-refractivity contribution is 0.132. The number of aliphatic hydroxyl groups is 1. The van der Waals surface area contributed by atoms with Crippen molar-refractivity contribution < 1.29 is 19.7 Å². The molecule has 0 spiro atoms. The van der Waals surface area contributed by atoms with E-state index in [0.29, 0.717) is 6.42 Å². The van der Waals surface area contributed by atoms with Gasteiger partial charge < -0.3 is 20.3 Å². The number of nitrogens with one attached hydrogen (secondary N) is 1. The van der Waals surface area contributed by atoms with E-state index >= 15 is 0 Å². The predicted molar refractivity (Wildman–Crippen MR) is 120 cm³/mol. The van der Waals surface area contributed by atoms with E-state index in [1.54, 1.807) is 0 Å². The van der Waals surface area contributed by atoms with Crippen LogP contribution in [0, 0.1) is 13.8 Å². The first-order chi connectivity index (χ1) is 15.0. The third-order valence-electron chi connectivity index (χ3n) is 5.92. The van der Waals surface area contributed by atoms with E-state index in [1.165, 1.54) is 11.1 Å². The second kappa shape index (κ2) is 8.82. The number of carbonyl (C=O) groups is 1. The smallest absolute Gasteiger partial charge is 0.407 e. The first-order valence-electron chi connectivity index (χ1n) is 10.5. The van der Waals surface area contributed by atoms with E-state index in [2.05, 4.69) is 29.6 Å². The molecule has 1 aliphatic rings. The van der Waals surface area contributed by atoms with Crippen LogP contribution in [0.15, 0.2) is 60.7 Å². The third kappa shape index (κ3) is 4.28. The molecule has 160 valence electrons. The van der Waals surface area contributed by atoms with Gasteiger partial charge in [-0.2, -0.15) is 0 Å². The van der Waals surface area contributed by atoms with Crippen LogP contribution in [0.4, 0.5) is 4.79 Å². The predicted octanol–water partition coefficient (Wildman–Crippen LogP) is 4.45. The molecule has 5 nitrogen and oxygen atoms in total. The highest BCUT2D eigenvalue weighted by molar-refractivity contribution is 5.79. The van der Waals surface area contributed by atoms with Crippen molar-refractivity contribution in [2.24, 2.45) is 0 Å². The molecule has 1 aliphatic carbocycles. The van der Waals surface area contributed by atoms with Crippen molar-refractivity contribution in [3.05, 3.63) is 88.5 Å². The topological polar surface area (TPSA) is 78.8 Å². The Kier molecular flexibility index (Phi) is 5.96. The molecule has 4 rings (SSSR count). The molecule has 31 heavy (non-hydrogen) atoms. The molecule has 3 aromatic carbocycles. The average Bonchev–Trinajstić information content (AvgIpc) is 3.09. The largest absolute Gasteiger partial charge is 0.507 e. The maximum Gasteiger partial charge on any atom is 0.407 e. The maximum atomic E-state index is 12.5. The van der Waals surface area contributed by atoms with E-state index in [9.17, 15) is 15.0 Å². The average molecular weight is 418 g/mol. The molecule has 0 heterocycles. The van der Waals surface area contributed by atoms with E-state index in [1.807, 2.05) is 50.2 Å². The van der Waals surface area contributed by atoms with Crippen LogP contribution in [-0.4, -0.2) is 35.6 Å². The van der Waals surface area contributed by atoms with Gasteiger partial charge in [0, 0.05) is 5.92 Å². The Morgan fingerprint density at radius 1 is 1.00 bits per heavy atom. The molecular formula is C26H27NO4. The minimum absolute atomic E-state index is 0.00637. The fourth-order valence-electron chi connectivity index (χ4n) is 4.42. The van der Waals surface area contributed by atoms with E-state index < -0.39 is 12.1 Å². The summed E-state index contributed by atoms with van der Waals surface area (Å²) in [5.74, 6) is 0.266. The molecule has 1 atom stereocenters. The summed E-state index contributed by atoms with van der Waals surface area (Å²) < 4.78 is 5.58. The zero-order valence-electron chi connectivity index (χ0n) is 17.8. The Labute approximate surface area is 182 Å². The van der Waals surface area contributed by atoms with Crippen molar-refractivity contribution in [3.63, 3.8) is 0 Å². The lowest BCUT2D eigenvalue weighted by atomic mass is 9.98. The van der Waals surface area contributed by atoms with Crippen LogP contribution in [-0.2, 0) is 11.2 Å². The molecule has 0 unspecified atom stereocenters. The van der Waals surface area contributed by atoms with Crippen molar-refractivity contribution in [1.29, 1.82) is 0 Å². The van der Waals surface area contributed by atoms with Crippen LogP contribution in [0.1, 0.15) is 33.7 Å². The number of aromatic hydroxyl groups is 1. The van der Waals surface area contributed by atoms with Gasteiger partial charge in [0.05, 0.1) is 12.6 Å². The number of phenolic OH excluding ortho intramolecular Hbond substituents is 1. The first kappa shape index (κ1) is 20.9. The number of hydrogen-bond acceptors (Lipinski definition) is 4. The molecule has 3 aromatic rings. The van der Waals surface area contributed by atoms with Gasteiger partial charge in [-0.25, -0.2) is 4.79 Å². The molecule has 0 radical (unpaired) electrons. The fraction of sp³-hybridized carbons (Fsp3) is 0.269. The first-order valence-corrected chi connectivity index (χ1v) is 10.5. The number of aryl methyl sites for hydroxylation is 2. The number of ether oxygens (including phenoxy) is 1.